The highest BCUT2D eigenvalue weighted by Gasteiger charge is 2.17. The van der Waals surface area contributed by atoms with E-state index in [1.807, 2.05) is 12.3 Å². The standard InChI is InChI=1S/C16H21N5/c1-5-21-12(4)15(11(3)20-21)10(2)18-14-8-6-7-13-9-17-19-16(13)14/h6-10,18H,5H2,1-4H3,(H,17,19). The van der Waals surface area contributed by atoms with Crippen molar-refractivity contribution in [3.05, 3.63) is 41.3 Å². The maximum Gasteiger partial charge on any atom is 0.0881 e. The van der Waals surface area contributed by atoms with E-state index >= 15 is 0 Å². The zero-order valence-electron chi connectivity index (χ0n) is 12.9. The Kier molecular flexibility index (Phi) is 3.41. The summed E-state index contributed by atoms with van der Waals surface area (Å²) in [6.45, 7) is 9.39. The normalized spacial score (nSPS) is 12.8. The molecule has 110 valence electrons. The first-order valence-corrected chi connectivity index (χ1v) is 7.34. The van der Waals surface area contributed by atoms with Gasteiger partial charge >= 0.3 is 0 Å². The number of H-pyrrole nitrogens is 1. The Balaban J connectivity index is 1.95. The van der Waals surface area contributed by atoms with Crippen molar-refractivity contribution in [2.75, 3.05) is 5.32 Å². The van der Waals surface area contributed by atoms with Crippen molar-refractivity contribution in [2.45, 2.75) is 40.3 Å². The number of para-hydroxylation sites is 1. The number of hydrogen-bond acceptors (Lipinski definition) is 3. The lowest BCUT2D eigenvalue weighted by Gasteiger charge is -2.17. The lowest BCUT2D eigenvalue weighted by atomic mass is 10.1. The summed E-state index contributed by atoms with van der Waals surface area (Å²) in [5.74, 6) is 0. The van der Waals surface area contributed by atoms with E-state index in [2.05, 4.69) is 65.1 Å². The van der Waals surface area contributed by atoms with Gasteiger partial charge in [0.05, 0.1) is 29.1 Å². The fraction of sp³-hybridized carbons (Fsp3) is 0.375. The second-order valence-corrected chi connectivity index (χ2v) is 5.41. The summed E-state index contributed by atoms with van der Waals surface area (Å²) in [7, 11) is 0. The first-order valence-electron chi connectivity index (χ1n) is 7.34. The van der Waals surface area contributed by atoms with Gasteiger partial charge in [-0.25, -0.2) is 0 Å². The first kappa shape index (κ1) is 13.7. The van der Waals surface area contributed by atoms with Gasteiger partial charge in [-0.3, -0.25) is 9.78 Å². The number of rotatable bonds is 4. The zero-order chi connectivity index (χ0) is 15.0. The van der Waals surface area contributed by atoms with Crippen LogP contribution < -0.4 is 5.32 Å². The average Bonchev–Trinajstić information content (AvgIpc) is 3.04. The van der Waals surface area contributed by atoms with Gasteiger partial charge in [0.2, 0.25) is 0 Å². The number of aryl methyl sites for hydroxylation is 2. The first-order chi connectivity index (χ1) is 10.1. The van der Waals surface area contributed by atoms with Gasteiger partial charge < -0.3 is 5.32 Å². The largest absolute Gasteiger partial charge is 0.377 e. The molecule has 2 heterocycles. The molecule has 0 aliphatic rings. The predicted molar refractivity (Wildman–Crippen MR) is 85.5 cm³/mol. The average molecular weight is 283 g/mol. The molecule has 0 saturated heterocycles. The quantitative estimate of drug-likeness (QED) is 0.769. The third kappa shape index (κ3) is 2.28. The van der Waals surface area contributed by atoms with Crippen LogP contribution in [0.2, 0.25) is 0 Å². The highest BCUT2D eigenvalue weighted by Crippen LogP contribution is 2.28. The van der Waals surface area contributed by atoms with Crippen molar-refractivity contribution in [2.24, 2.45) is 0 Å². The van der Waals surface area contributed by atoms with Crippen molar-refractivity contribution in [1.82, 2.24) is 20.0 Å². The number of anilines is 1. The van der Waals surface area contributed by atoms with E-state index < -0.39 is 0 Å². The number of nitrogens with zero attached hydrogens (tertiary/aromatic N) is 3. The molecule has 0 aliphatic carbocycles. The smallest absolute Gasteiger partial charge is 0.0881 e. The molecule has 1 unspecified atom stereocenters. The van der Waals surface area contributed by atoms with Crippen LogP contribution in [0.3, 0.4) is 0 Å². The molecule has 5 nitrogen and oxygen atoms in total. The molecule has 0 fully saturated rings. The van der Waals surface area contributed by atoms with Crippen molar-refractivity contribution < 1.29 is 0 Å². The maximum atomic E-state index is 4.60. The van der Waals surface area contributed by atoms with Crippen LogP contribution in [0.5, 0.6) is 0 Å². The van der Waals surface area contributed by atoms with Gasteiger partial charge in [-0.2, -0.15) is 10.2 Å². The molecule has 0 saturated carbocycles. The van der Waals surface area contributed by atoms with E-state index in [4.69, 9.17) is 0 Å². The van der Waals surface area contributed by atoms with E-state index in [1.165, 1.54) is 11.3 Å². The van der Waals surface area contributed by atoms with E-state index in [0.717, 1.165) is 28.8 Å². The molecule has 1 atom stereocenters. The van der Waals surface area contributed by atoms with Gasteiger partial charge in [0, 0.05) is 23.2 Å². The van der Waals surface area contributed by atoms with Crippen LogP contribution in [-0.4, -0.2) is 20.0 Å². The predicted octanol–water partition coefficient (Wildman–Crippen LogP) is 3.57. The molecule has 21 heavy (non-hydrogen) atoms. The highest BCUT2D eigenvalue weighted by atomic mass is 15.3. The van der Waals surface area contributed by atoms with Crippen molar-refractivity contribution in [1.29, 1.82) is 0 Å². The third-order valence-electron chi connectivity index (χ3n) is 4.02. The third-order valence-corrected chi connectivity index (χ3v) is 4.02. The minimum atomic E-state index is 0.194. The molecule has 2 aromatic heterocycles. The van der Waals surface area contributed by atoms with Crippen molar-refractivity contribution in [3.63, 3.8) is 0 Å². The summed E-state index contributed by atoms with van der Waals surface area (Å²) >= 11 is 0. The molecule has 0 bridgehead atoms. The van der Waals surface area contributed by atoms with Gasteiger partial charge in [-0.05, 0) is 33.8 Å². The lowest BCUT2D eigenvalue weighted by Crippen LogP contribution is -2.09. The minimum Gasteiger partial charge on any atom is -0.377 e. The number of aromatic amines is 1. The molecule has 5 heteroatoms. The van der Waals surface area contributed by atoms with Gasteiger partial charge in [0.25, 0.3) is 0 Å². The van der Waals surface area contributed by atoms with Crippen molar-refractivity contribution in [3.8, 4) is 0 Å². The number of aromatic nitrogens is 4. The Morgan fingerprint density at radius 3 is 2.86 bits per heavy atom. The van der Waals surface area contributed by atoms with Gasteiger partial charge in [0.1, 0.15) is 0 Å². The number of nitrogens with one attached hydrogen (secondary N) is 2. The monoisotopic (exact) mass is 283 g/mol. The van der Waals surface area contributed by atoms with Crippen molar-refractivity contribution >= 4 is 16.6 Å². The van der Waals surface area contributed by atoms with E-state index in [0.29, 0.717) is 0 Å². The van der Waals surface area contributed by atoms with Crippen LogP contribution in [0.25, 0.3) is 10.9 Å². The minimum absolute atomic E-state index is 0.194. The SMILES string of the molecule is CCn1nc(C)c(C(C)Nc2cccc3cn[nH]c23)c1C. The molecular weight excluding hydrogens is 262 g/mol. The molecule has 1 aromatic carbocycles. The van der Waals surface area contributed by atoms with Gasteiger partial charge in [0.15, 0.2) is 0 Å². The molecule has 3 rings (SSSR count). The van der Waals surface area contributed by atoms with Crippen LogP contribution >= 0.6 is 0 Å². The molecule has 0 spiro atoms. The maximum absolute atomic E-state index is 4.60. The molecule has 0 amide bonds. The molecule has 2 N–H and O–H groups in total. The lowest BCUT2D eigenvalue weighted by molar-refractivity contribution is 0.632. The van der Waals surface area contributed by atoms with Crippen LogP contribution in [0.4, 0.5) is 5.69 Å². The van der Waals surface area contributed by atoms with Crippen LogP contribution in [0, 0.1) is 13.8 Å². The summed E-state index contributed by atoms with van der Waals surface area (Å²) in [6, 6.07) is 6.37. The summed E-state index contributed by atoms with van der Waals surface area (Å²) < 4.78 is 2.06. The summed E-state index contributed by atoms with van der Waals surface area (Å²) in [5.41, 5.74) is 5.70. The highest BCUT2D eigenvalue weighted by molar-refractivity contribution is 5.90. The number of fused-ring (bicyclic) bond motifs is 1. The van der Waals surface area contributed by atoms with Gasteiger partial charge in [-0.1, -0.05) is 12.1 Å². The number of benzene rings is 1. The Morgan fingerprint density at radius 2 is 2.14 bits per heavy atom. The van der Waals surface area contributed by atoms with Crippen LogP contribution in [0.15, 0.2) is 24.4 Å². The van der Waals surface area contributed by atoms with Crippen LogP contribution in [-0.2, 0) is 6.54 Å². The fourth-order valence-electron chi connectivity index (χ4n) is 3.04. The van der Waals surface area contributed by atoms with Gasteiger partial charge in [-0.15, -0.1) is 0 Å². The zero-order valence-corrected chi connectivity index (χ0v) is 12.9. The fourth-order valence-corrected chi connectivity index (χ4v) is 3.04. The second-order valence-electron chi connectivity index (χ2n) is 5.41. The van der Waals surface area contributed by atoms with Crippen LogP contribution in [0.1, 0.15) is 36.8 Å². The summed E-state index contributed by atoms with van der Waals surface area (Å²) in [4.78, 5) is 0. The molecular formula is C16H21N5. The number of hydrogen-bond donors (Lipinski definition) is 2. The Labute approximate surface area is 124 Å². The summed E-state index contributed by atoms with van der Waals surface area (Å²) in [5, 5.41) is 16.5. The topological polar surface area (TPSA) is 58.5 Å². The summed E-state index contributed by atoms with van der Waals surface area (Å²) in [6.07, 6.45) is 1.84. The second kappa shape index (κ2) is 5.24. The Bertz CT molecular complexity index is 768. The van der Waals surface area contributed by atoms with E-state index in [1.54, 1.807) is 0 Å². The molecule has 3 aromatic rings. The Hall–Kier alpha value is -2.30. The Morgan fingerprint density at radius 1 is 1.33 bits per heavy atom. The van der Waals surface area contributed by atoms with E-state index in [-0.39, 0.29) is 6.04 Å². The molecule has 0 aliphatic heterocycles. The van der Waals surface area contributed by atoms with E-state index in [9.17, 15) is 0 Å². The molecule has 0 radical (unpaired) electrons.